The second-order valence-electron chi connectivity index (χ2n) is 6.64. The molecule has 0 unspecified atom stereocenters. The predicted octanol–water partition coefficient (Wildman–Crippen LogP) is 2.40. The summed E-state index contributed by atoms with van der Waals surface area (Å²) < 4.78 is 16.2. The molecule has 1 amide bonds. The average Bonchev–Trinajstić information content (AvgIpc) is 2.67. The third-order valence-electron chi connectivity index (χ3n) is 4.98. The molecule has 0 saturated carbocycles. The Morgan fingerprint density at radius 1 is 1.19 bits per heavy atom. The Hall–Kier alpha value is -1.44. The number of methoxy groups -OCH3 is 3. The molecule has 0 aliphatic carbocycles. The normalized spacial score (nSPS) is 16.2. The van der Waals surface area contributed by atoms with Crippen LogP contribution in [0.1, 0.15) is 18.4 Å². The van der Waals surface area contributed by atoms with E-state index in [4.69, 9.17) is 14.2 Å². The van der Waals surface area contributed by atoms with Crippen molar-refractivity contribution in [2.24, 2.45) is 5.41 Å². The van der Waals surface area contributed by atoms with Gasteiger partial charge in [0.25, 0.3) is 0 Å². The first kappa shape index (κ1) is 20.9. The van der Waals surface area contributed by atoms with Crippen molar-refractivity contribution in [3.63, 3.8) is 0 Å². The van der Waals surface area contributed by atoms with Crippen LogP contribution in [0.2, 0.25) is 0 Å². The molecule has 1 aliphatic heterocycles. The van der Waals surface area contributed by atoms with Crippen LogP contribution in [0.15, 0.2) is 17.0 Å². The van der Waals surface area contributed by atoms with E-state index >= 15 is 0 Å². The molecular formula is C19H30N2O4S. The average molecular weight is 383 g/mol. The lowest BCUT2D eigenvalue weighted by Gasteiger charge is -2.38. The third-order valence-corrected chi connectivity index (χ3v) is 5.80. The van der Waals surface area contributed by atoms with Crippen LogP contribution in [0.4, 0.5) is 0 Å². The van der Waals surface area contributed by atoms with E-state index in [0.29, 0.717) is 24.7 Å². The van der Waals surface area contributed by atoms with E-state index in [2.05, 4.69) is 5.32 Å². The van der Waals surface area contributed by atoms with E-state index in [0.717, 1.165) is 36.4 Å². The number of thioether (sulfide) groups is 1. The van der Waals surface area contributed by atoms with E-state index in [-0.39, 0.29) is 5.91 Å². The van der Waals surface area contributed by atoms with Crippen molar-refractivity contribution in [2.75, 3.05) is 54.3 Å². The van der Waals surface area contributed by atoms with Crippen LogP contribution in [-0.4, -0.2) is 65.1 Å². The summed E-state index contributed by atoms with van der Waals surface area (Å²) in [4.78, 5) is 16.1. The van der Waals surface area contributed by atoms with Crippen LogP contribution in [0.5, 0.6) is 11.5 Å². The molecule has 0 bridgehead atoms. The van der Waals surface area contributed by atoms with Crippen molar-refractivity contribution in [3.05, 3.63) is 17.7 Å². The Morgan fingerprint density at radius 3 is 2.35 bits per heavy atom. The molecule has 7 heteroatoms. The van der Waals surface area contributed by atoms with Gasteiger partial charge in [-0.2, -0.15) is 0 Å². The lowest BCUT2D eigenvalue weighted by atomic mass is 9.78. The first-order chi connectivity index (χ1) is 12.5. The number of piperidine rings is 1. The molecule has 6 nitrogen and oxygen atoms in total. The maximum Gasteiger partial charge on any atom is 0.231 e. The van der Waals surface area contributed by atoms with Crippen LogP contribution in [0, 0.1) is 5.41 Å². The number of nitrogens with zero attached hydrogens (tertiary/aromatic N) is 1. The fourth-order valence-corrected chi connectivity index (χ4v) is 4.16. The Bertz CT molecular complexity index is 612. The molecule has 146 valence electrons. The molecular weight excluding hydrogens is 352 g/mol. The molecule has 0 atom stereocenters. The maximum absolute atomic E-state index is 13.2. The molecule has 0 radical (unpaired) electrons. The lowest BCUT2D eigenvalue weighted by molar-refractivity contribution is -0.146. The number of benzene rings is 1. The highest BCUT2D eigenvalue weighted by molar-refractivity contribution is 7.98. The minimum atomic E-state index is -0.440. The van der Waals surface area contributed by atoms with Crippen molar-refractivity contribution in [2.45, 2.75) is 24.3 Å². The zero-order chi connectivity index (χ0) is 19.2. The zero-order valence-corrected chi connectivity index (χ0v) is 17.2. The van der Waals surface area contributed by atoms with Gasteiger partial charge in [0.2, 0.25) is 5.91 Å². The third kappa shape index (κ3) is 4.45. The van der Waals surface area contributed by atoms with E-state index in [1.165, 1.54) is 0 Å². The molecule has 26 heavy (non-hydrogen) atoms. The van der Waals surface area contributed by atoms with Gasteiger partial charge in [-0.25, -0.2) is 0 Å². The van der Waals surface area contributed by atoms with E-state index in [1.807, 2.05) is 30.3 Å². The Labute approximate surface area is 160 Å². The Morgan fingerprint density at radius 2 is 1.81 bits per heavy atom. The molecule has 1 aromatic carbocycles. The molecule has 2 rings (SSSR count). The molecule has 1 N–H and O–H groups in total. The number of nitrogens with one attached hydrogen (secondary N) is 1. The maximum atomic E-state index is 13.2. The highest BCUT2D eigenvalue weighted by atomic mass is 32.2. The van der Waals surface area contributed by atoms with E-state index < -0.39 is 5.41 Å². The van der Waals surface area contributed by atoms with Gasteiger partial charge in [0.1, 0.15) is 0 Å². The number of rotatable bonds is 8. The smallest absolute Gasteiger partial charge is 0.231 e. The van der Waals surface area contributed by atoms with Gasteiger partial charge in [-0.05, 0) is 49.9 Å². The van der Waals surface area contributed by atoms with Gasteiger partial charge in [0, 0.05) is 25.6 Å². The molecule has 0 spiro atoms. The van der Waals surface area contributed by atoms with Crippen molar-refractivity contribution in [1.29, 1.82) is 0 Å². The number of ether oxygens (including phenoxy) is 3. The number of carbonyl (C=O) groups excluding carboxylic acids is 1. The van der Waals surface area contributed by atoms with E-state index in [9.17, 15) is 4.79 Å². The molecule has 1 fully saturated rings. The predicted molar refractivity (Wildman–Crippen MR) is 104 cm³/mol. The number of hydrogen-bond donors (Lipinski definition) is 1. The molecule has 1 saturated heterocycles. The van der Waals surface area contributed by atoms with Crippen molar-refractivity contribution >= 4 is 17.7 Å². The van der Waals surface area contributed by atoms with Crippen LogP contribution >= 0.6 is 11.8 Å². The Balaban J connectivity index is 2.24. The summed E-state index contributed by atoms with van der Waals surface area (Å²) in [5.41, 5.74) is 0.609. The number of amides is 1. The van der Waals surface area contributed by atoms with Gasteiger partial charge in [0.05, 0.1) is 26.2 Å². The monoisotopic (exact) mass is 382 g/mol. The summed E-state index contributed by atoms with van der Waals surface area (Å²) in [5, 5.41) is 3.33. The minimum absolute atomic E-state index is 0.141. The number of carbonyl (C=O) groups is 1. The summed E-state index contributed by atoms with van der Waals surface area (Å²) in [5.74, 6) is 1.51. The summed E-state index contributed by atoms with van der Waals surface area (Å²) in [6.45, 7) is 2.66. The van der Waals surface area contributed by atoms with Crippen LogP contribution in [0.3, 0.4) is 0 Å². The van der Waals surface area contributed by atoms with E-state index in [1.54, 1.807) is 33.1 Å². The second kappa shape index (κ2) is 9.48. The van der Waals surface area contributed by atoms with Crippen molar-refractivity contribution < 1.29 is 19.0 Å². The molecule has 1 aromatic rings. The lowest BCUT2D eigenvalue weighted by Crippen LogP contribution is -2.50. The molecule has 1 aliphatic rings. The number of hydrogen-bond acceptors (Lipinski definition) is 6. The van der Waals surface area contributed by atoms with Crippen molar-refractivity contribution in [1.82, 2.24) is 10.2 Å². The minimum Gasteiger partial charge on any atom is -0.493 e. The highest BCUT2D eigenvalue weighted by Crippen LogP contribution is 2.36. The molecule has 1 heterocycles. The summed E-state index contributed by atoms with van der Waals surface area (Å²) in [6, 6.07) is 3.92. The Kier molecular flexibility index (Phi) is 7.61. The fraction of sp³-hybridized carbons (Fsp3) is 0.632. The SMILES string of the molecule is COCC1(C(=O)N(C)Cc2cc(OC)c(OC)cc2SC)CCNCC1. The summed E-state index contributed by atoms with van der Waals surface area (Å²) in [7, 11) is 6.78. The van der Waals surface area contributed by atoms with Gasteiger partial charge in [-0.15, -0.1) is 11.8 Å². The standard InChI is InChI=1S/C19H30N2O4S/c1-21(18(22)19(13-23-2)6-8-20-9-7-19)12-14-10-15(24-3)16(25-4)11-17(14)26-5/h10-11,20H,6-9,12-13H2,1-5H3. The van der Waals surface area contributed by atoms with Crippen LogP contribution in [0.25, 0.3) is 0 Å². The first-order valence-corrected chi connectivity index (χ1v) is 9.98. The van der Waals surface area contributed by atoms with Gasteiger partial charge in [0.15, 0.2) is 11.5 Å². The van der Waals surface area contributed by atoms with Crippen molar-refractivity contribution in [3.8, 4) is 11.5 Å². The quantitative estimate of drug-likeness (QED) is 0.697. The van der Waals surface area contributed by atoms with Gasteiger partial charge in [-0.1, -0.05) is 0 Å². The first-order valence-electron chi connectivity index (χ1n) is 8.75. The largest absolute Gasteiger partial charge is 0.493 e. The van der Waals surface area contributed by atoms with Gasteiger partial charge in [-0.3, -0.25) is 4.79 Å². The topological polar surface area (TPSA) is 60.0 Å². The van der Waals surface area contributed by atoms with Gasteiger partial charge < -0.3 is 24.4 Å². The van der Waals surface area contributed by atoms with Gasteiger partial charge >= 0.3 is 0 Å². The zero-order valence-electron chi connectivity index (χ0n) is 16.4. The van der Waals surface area contributed by atoms with Crippen LogP contribution in [-0.2, 0) is 16.1 Å². The second-order valence-corrected chi connectivity index (χ2v) is 7.49. The molecule has 0 aromatic heterocycles. The summed E-state index contributed by atoms with van der Waals surface area (Å²) >= 11 is 1.63. The summed E-state index contributed by atoms with van der Waals surface area (Å²) in [6.07, 6.45) is 3.61. The fourth-order valence-electron chi connectivity index (χ4n) is 3.55. The highest BCUT2D eigenvalue weighted by Gasteiger charge is 2.41. The van der Waals surface area contributed by atoms with Crippen LogP contribution < -0.4 is 14.8 Å².